The lowest BCUT2D eigenvalue weighted by Crippen LogP contribution is -2.10. The van der Waals surface area contributed by atoms with Gasteiger partial charge in [0, 0.05) is 23.0 Å². The average molecular weight is 287 g/mol. The zero-order chi connectivity index (χ0) is 14.3. The maximum Gasteiger partial charge on any atom is 0.307 e. The minimum absolute atomic E-state index is 0.0329. The largest absolute Gasteiger partial charge is 0.481 e. The SMILES string of the molecule is Cc1nc2cc(-c3cccs3)nn2c(C)c1CC(=O)O. The molecule has 0 saturated heterocycles. The third-order valence-corrected chi connectivity index (χ3v) is 4.16. The molecule has 0 bridgehead atoms. The first kappa shape index (κ1) is 12.8. The maximum atomic E-state index is 10.9. The van der Waals surface area contributed by atoms with Gasteiger partial charge in [-0.3, -0.25) is 4.79 Å². The van der Waals surface area contributed by atoms with Crippen molar-refractivity contribution >= 4 is 23.0 Å². The van der Waals surface area contributed by atoms with Crippen molar-refractivity contribution in [3.8, 4) is 10.6 Å². The van der Waals surface area contributed by atoms with E-state index in [4.69, 9.17) is 5.11 Å². The summed E-state index contributed by atoms with van der Waals surface area (Å²) in [6, 6.07) is 5.91. The highest BCUT2D eigenvalue weighted by atomic mass is 32.1. The predicted molar refractivity (Wildman–Crippen MR) is 77.1 cm³/mol. The van der Waals surface area contributed by atoms with Crippen LogP contribution in [-0.4, -0.2) is 25.7 Å². The predicted octanol–water partition coefficient (Wildman–Crippen LogP) is 2.70. The van der Waals surface area contributed by atoms with Crippen molar-refractivity contribution in [2.24, 2.45) is 0 Å². The van der Waals surface area contributed by atoms with Crippen LogP contribution in [0, 0.1) is 13.8 Å². The first-order chi connectivity index (χ1) is 9.56. The zero-order valence-electron chi connectivity index (χ0n) is 11.1. The number of aryl methyl sites for hydroxylation is 2. The molecule has 3 heterocycles. The number of fused-ring (bicyclic) bond motifs is 1. The maximum absolute atomic E-state index is 10.9. The van der Waals surface area contributed by atoms with Crippen LogP contribution in [0.25, 0.3) is 16.2 Å². The van der Waals surface area contributed by atoms with E-state index in [1.165, 1.54) is 0 Å². The Balaban J connectivity index is 2.19. The van der Waals surface area contributed by atoms with Gasteiger partial charge in [0.15, 0.2) is 5.65 Å². The first-order valence-corrected chi connectivity index (χ1v) is 7.06. The number of rotatable bonds is 3. The smallest absolute Gasteiger partial charge is 0.307 e. The summed E-state index contributed by atoms with van der Waals surface area (Å²) in [5.41, 5.74) is 3.92. The Bertz CT molecular complexity index is 790. The second-order valence-electron chi connectivity index (χ2n) is 4.61. The molecule has 20 heavy (non-hydrogen) atoms. The van der Waals surface area contributed by atoms with Crippen molar-refractivity contribution in [1.29, 1.82) is 0 Å². The Labute approximate surface area is 119 Å². The van der Waals surface area contributed by atoms with Crippen molar-refractivity contribution in [2.75, 3.05) is 0 Å². The van der Waals surface area contributed by atoms with E-state index in [0.29, 0.717) is 0 Å². The lowest BCUT2D eigenvalue weighted by Gasteiger charge is -2.08. The van der Waals surface area contributed by atoms with Gasteiger partial charge < -0.3 is 5.11 Å². The van der Waals surface area contributed by atoms with Crippen LogP contribution >= 0.6 is 11.3 Å². The molecule has 0 fully saturated rings. The highest BCUT2D eigenvalue weighted by Gasteiger charge is 2.15. The number of aliphatic carboxylic acids is 1. The molecule has 0 unspecified atom stereocenters. The molecule has 0 amide bonds. The third-order valence-electron chi connectivity index (χ3n) is 3.27. The fourth-order valence-electron chi connectivity index (χ4n) is 2.28. The van der Waals surface area contributed by atoms with Crippen molar-refractivity contribution in [1.82, 2.24) is 14.6 Å². The topological polar surface area (TPSA) is 67.5 Å². The lowest BCUT2D eigenvalue weighted by molar-refractivity contribution is -0.136. The van der Waals surface area contributed by atoms with Crippen LogP contribution in [0.5, 0.6) is 0 Å². The fraction of sp³-hybridized carbons (Fsp3) is 0.214. The summed E-state index contributed by atoms with van der Waals surface area (Å²) in [6.07, 6.45) is -0.0329. The van der Waals surface area contributed by atoms with Crippen molar-refractivity contribution < 1.29 is 9.90 Å². The highest BCUT2D eigenvalue weighted by molar-refractivity contribution is 7.13. The van der Waals surface area contributed by atoms with E-state index in [-0.39, 0.29) is 6.42 Å². The van der Waals surface area contributed by atoms with E-state index in [1.807, 2.05) is 37.4 Å². The van der Waals surface area contributed by atoms with E-state index < -0.39 is 5.97 Å². The van der Waals surface area contributed by atoms with Gasteiger partial charge in [0.05, 0.1) is 11.3 Å². The van der Waals surface area contributed by atoms with Crippen LogP contribution in [0.3, 0.4) is 0 Å². The molecule has 3 aromatic heterocycles. The number of carbonyl (C=O) groups is 1. The highest BCUT2D eigenvalue weighted by Crippen LogP contribution is 2.25. The first-order valence-electron chi connectivity index (χ1n) is 6.18. The quantitative estimate of drug-likeness (QED) is 0.804. The van der Waals surface area contributed by atoms with E-state index in [9.17, 15) is 4.79 Å². The monoisotopic (exact) mass is 287 g/mol. The van der Waals surface area contributed by atoms with Crippen molar-refractivity contribution in [2.45, 2.75) is 20.3 Å². The van der Waals surface area contributed by atoms with Gasteiger partial charge in [0.2, 0.25) is 0 Å². The summed E-state index contributed by atoms with van der Waals surface area (Å²) < 4.78 is 1.72. The number of thiophene rings is 1. The van der Waals surface area contributed by atoms with E-state index in [0.717, 1.165) is 33.2 Å². The van der Waals surface area contributed by atoms with E-state index >= 15 is 0 Å². The van der Waals surface area contributed by atoms with E-state index in [2.05, 4.69) is 10.1 Å². The van der Waals surface area contributed by atoms with Gasteiger partial charge in [-0.25, -0.2) is 9.50 Å². The average Bonchev–Trinajstić information content (AvgIpc) is 3.01. The van der Waals surface area contributed by atoms with Crippen LogP contribution < -0.4 is 0 Å². The number of carboxylic acids is 1. The Hall–Kier alpha value is -2.21. The van der Waals surface area contributed by atoms with Crippen molar-refractivity contribution in [3.05, 3.63) is 40.5 Å². The Kier molecular flexibility index (Phi) is 3.02. The summed E-state index contributed by atoms with van der Waals surface area (Å²) in [5, 5.41) is 15.5. The minimum atomic E-state index is -0.858. The molecule has 102 valence electrons. The summed E-state index contributed by atoms with van der Waals surface area (Å²) in [4.78, 5) is 16.5. The Morgan fingerprint density at radius 2 is 2.25 bits per heavy atom. The Morgan fingerprint density at radius 1 is 1.45 bits per heavy atom. The molecule has 0 aliphatic heterocycles. The number of hydrogen-bond donors (Lipinski definition) is 1. The molecule has 0 radical (unpaired) electrons. The molecule has 0 saturated carbocycles. The van der Waals surface area contributed by atoms with Gasteiger partial charge in [-0.15, -0.1) is 11.3 Å². The van der Waals surface area contributed by atoms with Gasteiger partial charge >= 0.3 is 5.97 Å². The van der Waals surface area contributed by atoms with Gasteiger partial charge in [0.25, 0.3) is 0 Å². The number of aromatic nitrogens is 3. The molecule has 0 spiro atoms. The normalized spacial score (nSPS) is 11.1. The second kappa shape index (κ2) is 4.72. The summed E-state index contributed by atoms with van der Waals surface area (Å²) in [5.74, 6) is -0.858. The molecular formula is C14H13N3O2S. The summed E-state index contributed by atoms with van der Waals surface area (Å²) >= 11 is 1.62. The lowest BCUT2D eigenvalue weighted by atomic mass is 10.1. The van der Waals surface area contributed by atoms with Gasteiger partial charge in [-0.1, -0.05) is 6.07 Å². The molecule has 0 aliphatic rings. The summed E-state index contributed by atoms with van der Waals surface area (Å²) in [7, 11) is 0. The number of hydrogen-bond acceptors (Lipinski definition) is 4. The van der Waals surface area contributed by atoms with Crippen LogP contribution in [0.15, 0.2) is 23.6 Å². The molecule has 3 aromatic rings. The fourth-order valence-corrected chi connectivity index (χ4v) is 2.96. The molecule has 6 heteroatoms. The zero-order valence-corrected chi connectivity index (χ0v) is 11.9. The van der Waals surface area contributed by atoms with Crippen LogP contribution in [-0.2, 0) is 11.2 Å². The van der Waals surface area contributed by atoms with Crippen LogP contribution in [0.1, 0.15) is 17.0 Å². The molecule has 0 aromatic carbocycles. The van der Waals surface area contributed by atoms with Crippen LogP contribution in [0.4, 0.5) is 0 Å². The summed E-state index contributed by atoms with van der Waals surface area (Å²) in [6.45, 7) is 3.72. The Morgan fingerprint density at radius 3 is 2.90 bits per heavy atom. The van der Waals surface area contributed by atoms with Gasteiger partial charge in [-0.2, -0.15) is 5.10 Å². The van der Waals surface area contributed by atoms with Gasteiger partial charge in [0.1, 0.15) is 5.69 Å². The molecule has 3 rings (SSSR count). The van der Waals surface area contributed by atoms with E-state index in [1.54, 1.807) is 15.9 Å². The standard InChI is InChI=1S/C14H13N3O2S/c1-8-10(6-14(18)19)9(2)17-13(15-8)7-11(16-17)12-4-3-5-20-12/h3-5,7H,6H2,1-2H3,(H,18,19). The molecular weight excluding hydrogens is 274 g/mol. The molecule has 1 N–H and O–H groups in total. The van der Waals surface area contributed by atoms with Crippen molar-refractivity contribution in [3.63, 3.8) is 0 Å². The van der Waals surface area contributed by atoms with Gasteiger partial charge in [-0.05, 0) is 25.3 Å². The number of carboxylic acid groups (broad SMARTS) is 1. The molecule has 0 aliphatic carbocycles. The van der Waals surface area contributed by atoms with Crippen LogP contribution in [0.2, 0.25) is 0 Å². The second-order valence-corrected chi connectivity index (χ2v) is 5.56. The minimum Gasteiger partial charge on any atom is -0.481 e. The third kappa shape index (κ3) is 2.08. The number of nitrogens with zero attached hydrogens (tertiary/aromatic N) is 3. The molecule has 0 atom stereocenters. The molecule has 5 nitrogen and oxygen atoms in total.